The third-order valence-corrected chi connectivity index (χ3v) is 3.11. The monoisotopic (exact) mass is 312 g/mol. The molecule has 0 radical (unpaired) electrons. The van der Waals surface area contributed by atoms with E-state index in [0.717, 1.165) is 12.8 Å². The molecule has 114 valence electrons. The predicted octanol–water partition coefficient (Wildman–Crippen LogP) is 1.24. The lowest BCUT2D eigenvalue weighted by Gasteiger charge is -2.10. The molecule has 0 unspecified atom stereocenters. The van der Waals surface area contributed by atoms with Crippen molar-refractivity contribution < 1.29 is 14.3 Å². The fourth-order valence-electron chi connectivity index (χ4n) is 1.72. The number of anilines is 1. The van der Waals surface area contributed by atoms with Gasteiger partial charge in [-0.3, -0.25) is 4.79 Å². The summed E-state index contributed by atoms with van der Waals surface area (Å²) in [5, 5.41) is 13.4. The van der Waals surface area contributed by atoms with Crippen molar-refractivity contribution >= 4 is 29.3 Å². The third kappa shape index (κ3) is 4.56. The van der Waals surface area contributed by atoms with E-state index < -0.39 is 5.97 Å². The zero-order valence-electron chi connectivity index (χ0n) is 11.7. The van der Waals surface area contributed by atoms with Crippen LogP contribution in [0, 0.1) is 5.92 Å². The highest BCUT2D eigenvalue weighted by Gasteiger charge is 2.29. The van der Waals surface area contributed by atoms with E-state index in [1.165, 1.54) is 6.07 Å². The average Bonchev–Trinajstić information content (AvgIpc) is 3.29. The Kier molecular flexibility index (Phi) is 5.32. The lowest BCUT2D eigenvalue weighted by atomic mass is 10.3. The van der Waals surface area contributed by atoms with E-state index in [1.807, 2.05) is 0 Å². The SMILES string of the molecule is CCOC(=O)c1cc(Cl)nnc1NCCNC(=O)C1CC1. The molecule has 2 N–H and O–H groups in total. The Balaban J connectivity index is 1.89. The van der Waals surface area contributed by atoms with E-state index in [-0.39, 0.29) is 29.1 Å². The number of amides is 1. The van der Waals surface area contributed by atoms with Gasteiger partial charge in [0.15, 0.2) is 11.0 Å². The topological polar surface area (TPSA) is 93.2 Å². The van der Waals surface area contributed by atoms with Gasteiger partial charge < -0.3 is 15.4 Å². The van der Waals surface area contributed by atoms with Crippen LogP contribution in [0.25, 0.3) is 0 Å². The summed E-state index contributed by atoms with van der Waals surface area (Å²) in [6, 6.07) is 1.40. The van der Waals surface area contributed by atoms with E-state index in [9.17, 15) is 9.59 Å². The molecule has 0 saturated heterocycles. The van der Waals surface area contributed by atoms with Crippen LogP contribution in [0.4, 0.5) is 5.82 Å². The van der Waals surface area contributed by atoms with Gasteiger partial charge in [-0.25, -0.2) is 4.79 Å². The molecule has 0 atom stereocenters. The van der Waals surface area contributed by atoms with Gasteiger partial charge in [0, 0.05) is 19.0 Å². The second-order valence-corrected chi connectivity index (χ2v) is 5.03. The first kappa shape index (κ1) is 15.5. The quantitative estimate of drug-likeness (QED) is 0.581. The number of hydrogen-bond acceptors (Lipinski definition) is 6. The number of rotatable bonds is 7. The molecular formula is C13H17ClN4O3. The zero-order chi connectivity index (χ0) is 15.2. The Morgan fingerprint density at radius 2 is 2.14 bits per heavy atom. The molecule has 0 aliphatic heterocycles. The molecule has 1 aromatic heterocycles. The Morgan fingerprint density at radius 1 is 1.38 bits per heavy atom. The largest absolute Gasteiger partial charge is 0.462 e. The van der Waals surface area contributed by atoms with Crippen LogP contribution in [0.15, 0.2) is 6.07 Å². The van der Waals surface area contributed by atoms with Crippen molar-refractivity contribution in [2.75, 3.05) is 25.0 Å². The summed E-state index contributed by atoms with van der Waals surface area (Å²) in [4.78, 5) is 23.3. The highest BCUT2D eigenvalue weighted by Crippen LogP contribution is 2.28. The number of carbonyl (C=O) groups excluding carboxylic acids is 2. The number of nitrogens with zero attached hydrogens (tertiary/aromatic N) is 2. The summed E-state index contributed by atoms with van der Waals surface area (Å²) in [5.74, 6) is 0.0253. The molecule has 1 heterocycles. The van der Waals surface area contributed by atoms with Gasteiger partial charge in [-0.2, -0.15) is 0 Å². The minimum absolute atomic E-state index is 0.0737. The van der Waals surface area contributed by atoms with Crippen molar-refractivity contribution in [1.82, 2.24) is 15.5 Å². The third-order valence-electron chi connectivity index (χ3n) is 2.92. The highest BCUT2D eigenvalue weighted by atomic mass is 35.5. The van der Waals surface area contributed by atoms with E-state index >= 15 is 0 Å². The van der Waals surface area contributed by atoms with Crippen LogP contribution in [0.2, 0.25) is 5.15 Å². The van der Waals surface area contributed by atoms with Gasteiger partial charge in [0.1, 0.15) is 5.56 Å². The van der Waals surface area contributed by atoms with Gasteiger partial charge in [-0.15, -0.1) is 10.2 Å². The lowest BCUT2D eigenvalue weighted by molar-refractivity contribution is -0.122. The Morgan fingerprint density at radius 3 is 2.81 bits per heavy atom. The number of halogens is 1. The van der Waals surface area contributed by atoms with E-state index in [0.29, 0.717) is 18.9 Å². The van der Waals surface area contributed by atoms with E-state index in [1.54, 1.807) is 6.92 Å². The minimum atomic E-state index is -0.515. The molecule has 21 heavy (non-hydrogen) atoms. The molecule has 1 fully saturated rings. The second kappa shape index (κ2) is 7.21. The van der Waals surface area contributed by atoms with Gasteiger partial charge in [-0.05, 0) is 25.8 Å². The zero-order valence-corrected chi connectivity index (χ0v) is 12.4. The normalized spacial score (nSPS) is 13.6. The standard InChI is InChI=1S/C13H17ClN4O3/c1-2-21-13(20)9-7-10(14)17-18-11(9)15-5-6-16-12(19)8-3-4-8/h7-8H,2-6H2,1H3,(H,15,18)(H,16,19). The smallest absolute Gasteiger partial charge is 0.342 e. The number of carbonyl (C=O) groups is 2. The predicted molar refractivity (Wildman–Crippen MR) is 77.2 cm³/mol. The van der Waals surface area contributed by atoms with Crippen LogP contribution in [0.1, 0.15) is 30.1 Å². The van der Waals surface area contributed by atoms with Crippen LogP contribution in [-0.2, 0) is 9.53 Å². The Bertz CT molecular complexity index is 534. The van der Waals surface area contributed by atoms with Gasteiger partial charge in [-0.1, -0.05) is 11.6 Å². The van der Waals surface area contributed by atoms with Crippen LogP contribution >= 0.6 is 11.6 Å². The molecule has 1 aliphatic carbocycles. The van der Waals surface area contributed by atoms with Gasteiger partial charge in [0.25, 0.3) is 0 Å². The van der Waals surface area contributed by atoms with Gasteiger partial charge >= 0.3 is 5.97 Å². The van der Waals surface area contributed by atoms with Crippen LogP contribution in [0.3, 0.4) is 0 Å². The fourth-order valence-corrected chi connectivity index (χ4v) is 1.87. The first-order valence-corrected chi connectivity index (χ1v) is 7.21. The molecular weight excluding hydrogens is 296 g/mol. The molecule has 2 rings (SSSR count). The first-order chi connectivity index (χ1) is 10.1. The molecule has 8 heteroatoms. The molecule has 7 nitrogen and oxygen atoms in total. The van der Waals surface area contributed by atoms with Gasteiger partial charge in [0.05, 0.1) is 6.61 Å². The lowest BCUT2D eigenvalue weighted by Crippen LogP contribution is -2.30. The summed E-state index contributed by atoms with van der Waals surface area (Å²) in [6.45, 7) is 2.85. The highest BCUT2D eigenvalue weighted by molar-refractivity contribution is 6.29. The van der Waals surface area contributed by atoms with Crippen molar-refractivity contribution in [1.29, 1.82) is 0 Å². The Labute approximate surface area is 127 Å². The van der Waals surface area contributed by atoms with E-state index in [4.69, 9.17) is 16.3 Å². The minimum Gasteiger partial charge on any atom is -0.462 e. The maximum atomic E-state index is 11.8. The summed E-state index contributed by atoms with van der Waals surface area (Å²) in [6.07, 6.45) is 1.93. The number of esters is 1. The molecule has 1 aromatic rings. The second-order valence-electron chi connectivity index (χ2n) is 4.64. The van der Waals surface area contributed by atoms with Crippen molar-refractivity contribution in [3.8, 4) is 0 Å². The summed E-state index contributed by atoms with van der Waals surface area (Å²) in [5.41, 5.74) is 0.227. The molecule has 1 saturated carbocycles. The Hall–Kier alpha value is -1.89. The number of ether oxygens (including phenoxy) is 1. The fraction of sp³-hybridized carbons (Fsp3) is 0.538. The maximum absolute atomic E-state index is 11.8. The molecule has 1 aliphatic rings. The van der Waals surface area contributed by atoms with Crippen LogP contribution in [0.5, 0.6) is 0 Å². The van der Waals surface area contributed by atoms with Crippen molar-refractivity contribution in [3.63, 3.8) is 0 Å². The van der Waals surface area contributed by atoms with Crippen molar-refractivity contribution in [2.45, 2.75) is 19.8 Å². The molecule has 0 bridgehead atoms. The number of nitrogens with one attached hydrogen (secondary N) is 2. The van der Waals surface area contributed by atoms with Crippen molar-refractivity contribution in [3.05, 3.63) is 16.8 Å². The number of aromatic nitrogens is 2. The van der Waals surface area contributed by atoms with Crippen LogP contribution in [-0.4, -0.2) is 41.8 Å². The molecule has 0 aromatic carbocycles. The number of hydrogen-bond donors (Lipinski definition) is 2. The average molecular weight is 313 g/mol. The van der Waals surface area contributed by atoms with Gasteiger partial charge in [0.2, 0.25) is 5.91 Å². The van der Waals surface area contributed by atoms with Crippen LogP contribution < -0.4 is 10.6 Å². The molecule has 0 spiro atoms. The maximum Gasteiger partial charge on any atom is 0.342 e. The summed E-state index contributed by atoms with van der Waals surface area (Å²) >= 11 is 5.74. The van der Waals surface area contributed by atoms with E-state index in [2.05, 4.69) is 20.8 Å². The first-order valence-electron chi connectivity index (χ1n) is 6.83. The summed E-state index contributed by atoms with van der Waals surface area (Å²) < 4.78 is 4.93. The molecule has 1 amide bonds. The van der Waals surface area contributed by atoms with Crippen molar-refractivity contribution in [2.24, 2.45) is 5.92 Å². The summed E-state index contributed by atoms with van der Waals surface area (Å²) in [7, 11) is 0.